The molecule has 2 aliphatic rings. The number of hydrogen-bond acceptors (Lipinski definition) is 2. The molecule has 0 saturated carbocycles. The van der Waals surface area contributed by atoms with Crippen molar-refractivity contribution >= 4 is 17.6 Å². The minimum Gasteiger partial charge on any atom is -0.337 e. The van der Waals surface area contributed by atoms with Gasteiger partial charge in [-0.25, -0.2) is 9.18 Å². The van der Waals surface area contributed by atoms with E-state index in [0.29, 0.717) is 18.2 Å². The maximum absolute atomic E-state index is 12.8. The van der Waals surface area contributed by atoms with E-state index in [1.807, 2.05) is 4.90 Å². The second-order valence-corrected chi connectivity index (χ2v) is 6.33. The predicted octanol–water partition coefficient (Wildman–Crippen LogP) is 2.91. The van der Waals surface area contributed by atoms with Gasteiger partial charge in [0.25, 0.3) is 0 Å². The van der Waals surface area contributed by atoms with E-state index in [0.717, 1.165) is 19.4 Å². The quantitative estimate of drug-likeness (QED) is 0.837. The smallest absolute Gasteiger partial charge is 0.319 e. The third-order valence-electron chi connectivity index (χ3n) is 4.66. The van der Waals surface area contributed by atoms with Gasteiger partial charge in [-0.3, -0.25) is 4.79 Å². The number of amides is 3. The summed E-state index contributed by atoms with van der Waals surface area (Å²) in [6, 6.07) is 5.00. The van der Waals surface area contributed by atoms with Crippen molar-refractivity contribution in [3.63, 3.8) is 0 Å². The first-order chi connectivity index (χ1) is 11.6. The lowest BCUT2D eigenvalue weighted by atomic mass is 9.82. The van der Waals surface area contributed by atoms with Crippen LogP contribution in [0.15, 0.2) is 35.9 Å². The molecule has 1 unspecified atom stereocenters. The van der Waals surface area contributed by atoms with Crippen molar-refractivity contribution in [1.29, 1.82) is 0 Å². The topological polar surface area (TPSA) is 61.4 Å². The highest BCUT2D eigenvalue weighted by Gasteiger charge is 2.27. The molecule has 1 fully saturated rings. The number of allylic oxidation sites excluding steroid dienone is 1. The van der Waals surface area contributed by atoms with Crippen molar-refractivity contribution in [3.05, 3.63) is 41.7 Å². The number of hydrogen-bond donors (Lipinski definition) is 2. The lowest BCUT2D eigenvalue weighted by Gasteiger charge is -2.36. The summed E-state index contributed by atoms with van der Waals surface area (Å²) >= 11 is 0. The van der Waals surface area contributed by atoms with Gasteiger partial charge >= 0.3 is 6.03 Å². The second kappa shape index (κ2) is 7.47. The molecule has 1 saturated heterocycles. The van der Waals surface area contributed by atoms with Gasteiger partial charge in [0.1, 0.15) is 5.82 Å². The van der Waals surface area contributed by atoms with Gasteiger partial charge in [0, 0.05) is 18.8 Å². The number of carbonyl (C=O) groups is 2. The number of fused-ring (bicyclic) bond motifs is 1. The van der Waals surface area contributed by atoms with Gasteiger partial charge in [0.15, 0.2) is 0 Å². The molecule has 128 valence electrons. The number of likely N-dealkylation sites (tertiary alicyclic amines) is 1. The lowest BCUT2D eigenvalue weighted by molar-refractivity contribution is -0.130. The predicted molar refractivity (Wildman–Crippen MR) is 90.0 cm³/mol. The number of nitrogens with zero attached hydrogens (tertiary/aromatic N) is 1. The Bertz CT molecular complexity index is 642. The highest BCUT2D eigenvalue weighted by Crippen LogP contribution is 2.31. The molecule has 6 heteroatoms. The van der Waals surface area contributed by atoms with E-state index in [2.05, 4.69) is 16.7 Å². The third-order valence-corrected chi connectivity index (χ3v) is 4.66. The van der Waals surface area contributed by atoms with Crippen LogP contribution >= 0.6 is 0 Å². The molecular weight excluding hydrogens is 309 g/mol. The van der Waals surface area contributed by atoms with Gasteiger partial charge in [0.2, 0.25) is 5.91 Å². The summed E-state index contributed by atoms with van der Waals surface area (Å²) in [5.74, 6) is 0.197. The molecule has 1 aliphatic heterocycles. The van der Waals surface area contributed by atoms with E-state index in [-0.39, 0.29) is 18.3 Å². The number of nitrogens with one attached hydrogen (secondary N) is 2. The van der Waals surface area contributed by atoms with Gasteiger partial charge < -0.3 is 15.5 Å². The van der Waals surface area contributed by atoms with Gasteiger partial charge in [-0.15, -0.1) is 0 Å². The molecule has 1 heterocycles. The van der Waals surface area contributed by atoms with Crippen LogP contribution in [0.1, 0.15) is 25.7 Å². The van der Waals surface area contributed by atoms with Gasteiger partial charge in [-0.1, -0.05) is 11.6 Å². The van der Waals surface area contributed by atoms with Crippen LogP contribution < -0.4 is 10.6 Å². The van der Waals surface area contributed by atoms with E-state index in [1.165, 1.54) is 42.7 Å². The van der Waals surface area contributed by atoms with Crippen molar-refractivity contribution in [1.82, 2.24) is 10.2 Å². The summed E-state index contributed by atoms with van der Waals surface area (Å²) < 4.78 is 12.8. The number of benzene rings is 1. The fraction of sp³-hybridized carbons (Fsp3) is 0.444. The van der Waals surface area contributed by atoms with E-state index in [1.54, 1.807) is 0 Å². The van der Waals surface area contributed by atoms with Gasteiger partial charge in [-0.2, -0.15) is 0 Å². The number of halogens is 1. The van der Waals surface area contributed by atoms with E-state index in [9.17, 15) is 14.0 Å². The van der Waals surface area contributed by atoms with Crippen molar-refractivity contribution in [3.8, 4) is 0 Å². The number of carbonyl (C=O) groups excluding carboxylic acids is 2. The Balaban J connectivity index is 1.46. The van der Waals surface area contributed by atoms with Crippen LogP contribution in [-0.4, -0.2) is 36.5 Å². The monoisotopic (exact) mass is 331 g/mol. The molecule has 0 radical (unpaired) electrons. The molecule has 0 bridgehead atoms. The van der Waals surface area contributed by atoms with E-state index in [4.69, 9.17) is 0 Å². The van der Waals surface area contributed by atoms with Crippen LogP contribution in [0.4, 0.5) is 14.9 Å². The second-order valence-electron chi connectivity index (χ2n) is 6.33. The molecule has 3 rings (SSSR count). The fourth-order valence-electron chi connectivity index (χ4n) is 3.33. The Hall–Kier alpha value is -2.37. The molecule has 0 aromatic heterocycles. The van der Waals surface area contributed by atoms with Crippen LogP contribution in [0.5, 0.6) is 0 Å². The average Bonchev–Trinajstić information content (AvgIpc) is 2.61. The molecule has 3 amide bonds. The lowest BCUT2D eigenvalue weighted by Crippen LogP contribution is -2.46. The minimum atomic E-state index is -0.471. The van der Waals surface area contributed by atoms with Crippen LogP contribution in [0.3, 0.4) is 0 Å². The van der Waals surface area contributed by atoms with E-state index >= 15 is 0 Å². The minimum absolute atomic E-state index is 0.0367. The van der Waals surface area contributed by atoms with Crippen LogP contribution in [0, 0.1) is 11.7 Å². The Morgan fingerprint density at radius 2 is 2.00 bits per heavy atom. The van der Waals surface area contributed by atoms with Crippen LogP contribution in [0.25, 0.3) is 0 Å². The first-order valence-corrected chi connectivity index (χ1v) is 8.39. The maximum Gasteiger partial charge on any atom is 0.319 e. The van der Waals surface area contributed by atoms with Crippen LogP contribution in [0.2, 0.25) is 0 Å². The maximum atomic E-state index is 12.8. The summed E-state index contributed by atoms with van der Waals surface area (Å²) in [6.07, 6.45) is 6.85. The number of rotatable bonds is 3. The SMILES string of the molecule is O=C(NCC(=O)N1CCC2CCCC=C2C1)Nc1ccc(F)cc1. The molecule has 1 aromatic carbocycles. The first kappa shape index (κ1) is 16.5. The molecule has 2 N–H and O–H groups in total. The zero-order chi connectivity index (χ0) is 16.9. The molecule has 0 spiro atoms. The molecule has 5 nitrogen and oxygen atoms in total. The molecule has 1 aliphatic carbocycles. The zero-order valence-corrected chi connectivity index (χ0v) is 13.6. The number of anilines is 1. The van der Waals surface area contributed by atoms with Gasteiger partial charge in [0.05, 0.1) is 6.54 Å². The molecule has 24 heavy (non-hydrogen) atoms. The highest BCUT2D eigenvalue weighted by atomic mass is 19.1. The van der Waals surface area contributed by atoms with E-state index < -0.39 is 6.03 Å². The standard InChI is InChI=1S/C18H22FN3O2/c19-15-5-7-16(8-6-15)21-18(24)20-11-17(23)22-10-9-13-3-1-2-4-14(13)12-22/h4-8,13H,1-3,9-12H2,(H2,20,21,24). The normalized spacial score (nSPS) is 20.0. The number of piperidine rings is 1. The Kier molecular flexibility index (Phi) is 5.13. The molecule has 1 aromatic rings. The summed E-state index contributed by atoms with van der Waals surface area (Å²) in [7, 11) is 0. The number of urea groups is 1. The van der Waals surface area contributed by atoms with Crippen molar-refractivity contribution in [2.45, 2.75) is 25.7 Å². The average molecular weight is 331 g/mol. The summed E-state index contributed by atoms with van der Waals surface area (Å²) in [4.78, 5) is 25.9. The Labute approximate surface area is 140 Å². The molecular formula is C18H22FN3O2. The van der Waals surface area contributed by atoms with Crippen LogP contribution in [-0.2, 0) is 4.79 Å². The Morgan fingerprint density at radius 3 is 2.79 bits per heavy atom. The first-order valence-electron chi connectivity index (χ1n) is 8.39. The summed E-state index contributed by atoms with van der Waals surface area (Å²) in [6.45, 7) is 1.40. The third kappa shape index (κ3) is 4.13. The Morgan fingerprint density at radius 1 is 1.21 bits per heavy atom. The van der Waals surface area contributed by atoms with Crippen molar-refractivity contribution < 1.29 is 14.0 Å². The summed E-state index contributed by atoms with van der Waals surface area (Å²) in [5, 5.41) is 5.13. The zero-order valence-electron chi connectivity index (χ0n) is 13.6. The van der Waals surface area contributed by atoms with Crippen molar-refractivity contribution in [2.75, 3.05) is 25.0 Å². The molecule has 1 atom stereocenters. The highest BCUT2D eigenvalue weighted by molar-refractivity contribution is 5.92. The van der Waals surface area contributed by atoms with Gasteiger partial charge in [-0.05, 0) is 55.9 Å². The largest absolute Gasteiger partial charge is 0.337 e. The van der Waals surface area contributed by atoms with Crippen molar-refractivity contribution in [2.24, 2.45) is 5.92 Å². The fourth-order valence-corrected chi connectivity index (χ4v) is 3.33. The summed E-state index contributed by atoms with van der Waals surface area (Å²) in [5.41, 5.74) is 1.85.